The Morgan fingerprint density at radius 2 is 2.03 bits per heavy atom. The Morgan fingerprint density at radius 3 is 2.81 bits per heavy atom. The first-order chi connectivity index (χ1) is 15.5. The molecule has 1 unspecified atom stereocenters. The lowest BCUT2D eigenvalue weighted by atomic mass is 9.92. The molecule has 0 aliphatic carbocycles. The highest BCUT2D eigenvalue weighted by Crippen LogP contribution is 2.34. The van der Waals surface area contributed by atoms with E-state index in [-0.39, 0.29) is 11.9 Å². The molecule has 0 saturated heterocycles. The van der Waals surface area contributed by atoms with Crippen LogP contribution in [0.5, 0.6) is 0 Å². The third-order valence-electron chi connectivity index (χ3n) is 5.39. The smallest absolute Gasteiger partial charge is 0.411 e. The average molecular weight is 450 g/mol. The van der Waals surface area contributed by atoms with Crippen LogP contribution in [0.2, 0.25) is 0 Å². The molecule has 4 rings (SSSR count). The Morgan fingerprint density at radius 1 is 1.19 bits per heavy atom. The van der Waals surface area contributed by atoms with Crippen molar-refractivity contribution in [2.45, 2.75) is 25.3 Å². The van der Waals surface area contributed by atoms with Crippen molar-refractivity contribution in [1.29, 1.82) is 0 Å². The van der Waals surface area contributed by atoms with Crippen molar-refractivity contribution in [1.82, 2.24) is 5.32 Å². The van der Waals surface area contributed by atoms with Crippen LogP contribution in [0, 0.1) is 0 Å². The van der Waals surface area contributed by atoms with Crippen LogP contribution < -0.4 is 16.0 Å². The first kappa shape index (κ1) is 21.7. The van der Waals surface area contributed by atoms with E-state index in [1.807, 2.05) is 30.4 Å². The molecule has 0 radical (unpaired) electrons. The molecular formula is C25H24ClN3O3. The summed E-state index contributed by atoms with van der Waals surface area (Å²) in [6.07, 6.45) is 9.23. The summed E-state index contributed by atoms with van der Waals surface area (Å²) < 4.78 is 4.68. The molecular weight excluding hydrogens is 426 g/mol. The number of anilines is 2. The molecule has 2 aliphatic heterocycles. The second kappa shape index (κ2) is 9.75. The second-order valence-electron chi connectivity index (χ2n) is 7.59. The summed E-state index contributed by atoms with van der Waals surface area (Å²) in [4.78, 5) is 24.2. The van der Waals surface area contributed by atoms with Gasteiger partial charge in [-0.05, 0) is 53.8 Å². The van der Waals surface area contributed by atoms with Crippen molar-refractivity contribution in [3.8, 4) is 11.1 Å². The monoisotopic (exact) mass is 449 g/mol. The van der Waals surface area contributed by atoms with E-state index in [0.717, 1.165) is 35.1 Å². The van der Waals surface area contributed by atoms with Gasteiger partial charge in [-0.3, -0.25) is 10.1 Å². The minimum absolute atomic E-state index is 0.00406. The van der Waals surface area contributed by atoms with E-state index in [1.165, 1.54) is 7.11 Å². The number of benzene rings is 2. The Balaban J connectivity index is 1.76. The molecule has 1 atom stereocenters. The number of nitrogens with one attached hydrogen (secondary N) is 3. The summed E-state index contributed by atoms with van der Waals surface area (Å²) in [5.74, 6) is -0.0708. The quantitative estimate of drug-likeness (QED) is 0.553. The van der Waals surface area contributed by atoms with Crippen molar-refractivity contribution in [3.05, 3.63) is 77.5 Å². The molecule has 164 valence electrons. The maximum absolute atomic E-state index is 12.6. The minimum atomic E-state index is -0.566. The lowest BCUT2D eigenvalue weighted by molar-refractivity contribution is -0.116. The van der Waals surface area contributed by atoms with Crippen molar-refractivity contribution < 1.29 is 14.3 Å². The molecule has 0 saturated carbocycles. The highest BCUT2D eigenvalue weighted by Gasteiger charge is 2.18. The Kier molecular flexibility index (Phi) is 6.61. The summed E-state index contributed by atoms with van der Waals surface area (Å²) in [6.45, 7) is 0. The molecule has 2 aliphatic rings. The van der Waals surface area contributed by atoms with Gasteiger partial charge in [-0.2, -0.15) is 0 Å². The number of hydrogen-bond acceptors (Lipinski definition) is 4. The fourth-order valence-electron chi connectivity index (χ4n) is 3.82. The lowest BCUT2D eigenvalue weighted by Gasteiger charge is -2.22. The van der Waals surface area contributed by atoms with Crippen molar-refractivity contribution in [2.24, 2.45) is 0 Å². The summed E-state index contributed by atoms with van der Waals surface area (Å²) in [6, 6.07) is 13.6. The maximum Gasteiger partial charge on any atom is 0.411 e. The average Bonchev–Trinajstić information content (AvgIpc) is 2.79. The molecule has 3 N–H and O–H groups in total. The van der Waals surface area contributed by atoms with Crippen molar-refractivity contribution in [3.63, 3.8) is 0 Å². The molecule has 0 fully saturated rings. The summed E-state index contributed by atoms with van der Waals surface area (Å²) in [5, 5.41) is 9.65. The van der Waals surface area contributed by atoms with E-state index >= 15 is 0 Å². The molecule has 7 heteroatoms. The van der Waals surface area contributed by atoms with Gasteiger partial charge in [0.05, 0.1) is 23.9 Å². The predicted octanol–water partition coefficient (Wildman–Crippen LogP) is 5.65. The summed E-state index contributed by atoms with van der Waals surface area (Å²) in [5.41, 5.74) is 5.23. The maximum atomic E-state index is 12.6. The fraction of sp³-hybridized carbons (Fsp3) is 0.200. The Hall–Kier alpha value is -3.51. The third kappa shape index (κ3) is 5.03. The SMILES string of the molecule is COC(=O)Nc1ccc2c(c1)NC(=O)CCC/C=C(/C1C=CC(Cl)=CN1)c1cccc-2c1. The molecule has 2 amide bonds. The molecule has 32 heavy (non-hydrogen) atoms. The number of halogens is 1. The van der Waals surface area contributed by atoms with E-state index in [9.17, 15) is 9.59 Å². The number of dihydropyridines is 1. The molecule has 2 aromatic carbocycles. The highest BCUT2D eigenvalue weighted by molar-refractivity contribution is 6.31. The first-order valence-corrected chi connectivity index (χ1v) is 10.8. The van der Waals surface area contributed by atoms with Crippen LogP contribution in [-0.2, 0) is 9.53 Å². The van der Waals surface area contributed by atoms with Crippen molar-refractivity contribution in [2.75, 3.05) is 17.7 Å². The Bertz CT molecular complexity index is 1140. The summed E-state index contributed by atoms with van der Waals surface area (Å²) >= 11 is 6.07. The predicted molar refractivity (Wildman–Crippen MR) is 128 cm³/mol. The van der Waals surface area contributed by atoms with Crippen LogP contribution in [-0.4, -0.2) is 25.2 Å². The number of rotatable bonds is 2. The van der Waals surface area contributed by atoms with Gasteiger partial charge in [-0.25, -0.2) is 4.79 Å². The number of carbonyl (C=O) groups is 2. The zero-order chi connectivity index (χ0) is 22.5. The van der Waals surface area contributed by atoms with Gasteiger partial charge in [0.15, 0.2) is 0 Å². The van der Waals surface area contributed by atoms with Crippen LogP contribution >= 0.6 is 11.6 Å². The summed E-state index contributed by atoms with van der Waals surface area (Å²) in [7, 11) is 1.31. The lowest BCUT2D eigenvalue weighted by Crippen LogP contribution is -2.26. The van der Waals surface area contributed by atoms with E-state index in [4.69, 9.17) is 11.6 Å². The van der Waals surface area contributed by atoms with Gasteiger partial charge in [-0.1, -0.05) is 48.0 Å². The van der Waals surface area contributed by atoms with Gasteiger partial charge >= 0.3 is 6.09 Å². The second-order valence-corrected chi connectivity index (χ2v) is 8.03. The number of ether oxygens (including phenoxy) is 1. The molecule has 2 bridgehead atoms. The van der Waals surface area contributed by atoms with Crippen LogP contribution in [0.4, 0.5) is 16.2 Å². The van der Waals surface area contributed by atoms with Crippen LogP contribution in [0.1, 0.15) is 24.8 Å². The van der Waals surface area contributed by atoms with Gasteiger partial charge in [0, 0.05) is 23.9 Å². The number of carbonyl (C=O) groups excluding carboxylic acids is 2. The third-order valence-corrected chi connectivity index (χ3v) is 5.62. The number of fused-ring (bicyclic) bond motifs is 4. The van der Waals surface area contributed by atoms with Gasteiger partial charge in [0.1, 0.15) is 0 Å². The van der Waals surface area contributed by atoms with Crippen LogP contribution in [0.25, 0.3) is 16.7 Å². The molecule has 2 aromatic rings. The number of amides is 2. The van der Waals surface area contributed by atoms with Crippen LogP contribution in [0.15, 0.2) is 71.9 Å². The Labute approximate surface area is 192 Å². The first-order valence-electron chi connectivity index (χ1n) is 10.4. The standard InChI is InChI=1S/C25H24ClN3O3/c1-32-25(31)28-19-10-11-21-17-6-4-5-16(13-17)20(22-12-9-18(26)15-27-22)7-2-3-8-24(30)29-23(21)14-19/h4-7,9-15,22,27H,2-3,8H2,1H3,(H,28,31)(H,29,30)/b20-7+. The van der Waals surface area contributed by atoms with E-state index < -0.39 is 6.09 Å². The van der Waals surface area contributed by atoms with E-state index in [0.29, 0.717) is 22.8 Å². The van der Waals surface area contributed by atoms with Gasteiger partial charge in [0.2, 0.25) is 5.91 Å². The van der Waals surface area contributed by atoms with Gasteiger partial charge in [0.25, 0.3) is 0 Å². The highest BCUT2D eigenvalue weighted by atomic mass is 35.5. The molecule has 2 heterocycles. The normalized spacial score (nSPS) is 19.6. The number of methoxy groups -OCH3 is 1. The van der Waals surface area contributed by atoms with E-state index in [1.54, 1.807) is 18.3 Å². The van der Waals surface area contributed by atoms with Crippen LogP contribution in [0.3, 0.4) is 0 Å². The molecule has 6 nitrogen and oxygen atoms in total. The molecule has 0 aromatic heterocycles. The zero-order valence-corrected chi connectivity index (χ0v) is 18.4. The van der Waals surface area contributed by atoms with E-state index in [2.05, 4.69) is 38.9 Å². The zero-order valence-electron chi connectivity index (χ0n) is 17.7. The number of allylic oxidation sites excluding steroid dienone is 3. The topological polar surface area (TPSA) is 79.5 Å². The fourth-order valence-corrected chi connectivity index (χ4v) is 3.96. The number of hydrogen-bond donors (Lipinski definition) is 3. The molecule has 0 spiro atoms. The van der Waals surface area contributed by atoms with Gasteiger partial charge < -0.3 is 15.4 Å². The largest absolute Gasteiger partial charge is 0.453 e. The van der Waals surface area contributed by atoms with Crippen molar-refractivity contribution >= 4 is 40.5 Å². The minimum Gasteiger partial charge on any atom is -0.453 e. The van der Waals surface area contributed by atoms with Gasteiger partial charge in [-0.15, -0.1) is 0 Å².